The third-order valence-electron chi connectivity index (χ3n) is 5.33. The molecule has 0 bridgehead atoms. The van der Waals surface area contributed by atoms with Crippen LogP contribution in [0.1, 0.15) is 37.8 Å². The zero-order valence-electron chi connectivity index (χ0n) is 12.6. The maximum atomic E-state index is 10.1. The van der Waals surface area contributed by atoms with E-state index in [0.29, 0.717) is 11.8 Å². The number of likely N-dealkylation sites (tertiary alicyclic amines) is 1. The van der Waals surface area contributed by atoms with Crippen LogP contribution in [0.15, 0.2) is 28.7 Å². The van der Waals surface area contributed by atoms with E-state index < -0.39 is 0 Å². The summed E-state index contributed by atoms with van der Waals surface area (Å²) in [6.45, 7) is 4.22. The lowest BCUT2D eigenvalue weighted by atomic mass is 9.96. The molecule has 3 N–H and O–H groups in total. The molecular formula is C17H25BrN2O. The molecule has 1 aliphatic carbocycles. The number of nitrogens with two attached hydrogens (primary N) is 1. The van der Waals surface area contributed by atoms with Gasteiger partial charge in [0.05, 0.1) is 6.10 Å². The smallest absolute Gasteiger partial charge is 0.0583 e. The Hall–Kier alpha value is -0.420. The van der Waals surface area contributed by atoms with Crippen LogP contribution >= 0.6 is 15.9 Å². The predicted molar refractivity (Wildman–Crippen MR) is 88.9 cm³/mol. The average Bonchev–Trinajstić information content (AvgIpc) is 3.04. The molecule has 1 aromatic rings. The highest BCUT2D eigenvalue weighted by Gasteiger charge is 2.44. The molecule has 2 fully saturated rings. The third kappa shape index (κ3) is 3.04. The predicted octanol–water partition coefficient (Wildman–Crippen LogP) is 2.93. The van der Waals surface area contributed by atoms with Crippen LogP contribution in [0.2, 0.25) is 0 Å². The van der Waals surface area contributed by atoms with E-state index >= 15 is 0 Å². The van der Waals surface area contributed by atoms with E-state index in [2.05, 4.69) is 52.0 Å². The Labute approximate surface area is 135 Å². The Balaban J connectivity index is 1.82. The van der Waals surface area contributed by atoms with E-state index in [9.17, 15) is 5.11 Å². The molecule has 1 saturated heterocycles. The summed E-state index contributed by atoms with van der Waals surface area (Å²) < 4.78 is 1.10. The van der Waals surface area contributed by atoms with Gasteiger partial charge in [-0.1, -0.05) is 35.0 Å². The van der Waals surface area contributed by atoms with Gasteiger partial charge in [0.15, 0.2) is 0 Å². The standard InChI is InChI=1S/C17H25BrN2O/c1-2-15(19)17(11-3-6-13(18)7-4-11)20-9-12-5-8-16(21)14(12)10-20/h3-4,6-7,12,14-17,21H,2,5,8-10,19H2,1H3. The number of aliphatic hydroxyl groups is 1. The fraction of sp³-hybridized carbons (Fsp3) is 0.647. The van der Waals surface area contributed by atoms with Crippen LogP contribution in [0.4, 0.5) is 0 Å². The molecule has 5 atom stereocenters. The van der Waals surface area contributed by atoms with Gasteiger partial charge < -0.3 is 10.8 Å². The summed E-state index contributed by atoms with van der Waals surface area (Å²) in [5.74, 6) is 1.11. The molecule has 5 unspecified atom stereocenters. The van der Waals surface area contributed by atoms with Crippen molar-refractivity contribution in [3.8, 4) is 0 Å². The van der Waals surface area contributed by atoms with Gasteiger partial charge in [-0.05, 0) is 42.9 Å². The van der Waals surface area contributed by atoms with Crippen LogP contribution in [0.3, 0.4) is 0 Å². The lowest BCUT2D eigenvalue weighted by Crippen LogP contribution is -2.40. The fourth-order valence-corrected chi connectivity index (χ4v) is 4.37. The van der Waals surface area contributed by atoms with Gasteiger partial charge in [0.25, 0.3) is 0 Å². The minimum Gasteiger partial charge on any atom is -0.393 e. The Bertz CT molecular complexity index is 478. The minimum atomic E-state index is -0.108. The first kappa shape index (κ1) is 15.5. The molecular weight excluding hydrogens is 328 g/mol. The summed E-state index contributed by atoms with van der Waals surface area (Å²) in [5.41, 5.74) is 7.73. The van der Waals surface area contributed by atoms with Gasteiger partial charge in [0.2, 0.25) is 0 Å². The molecule has 0 aromatic heterocycles. The van der Waals surface area contributed by atoms with Crippen molar-refractivity contribution in [2.75, 3.05) is 13.1 Å². The van der Waals surface area contributed by atoms with E-state index in [1.807, 2.05) is 0 Å². The van der Waals surface area contributed by atoms with Gasteiger partial charge in [-0.15, -0.1) is 0 Å². The summed E-state index contributed by atoms with van der Waals surface area (Å²) in [5, 5.41) is 10.1. The number of hydrogen-bond acceptors (Lipinski definition) is 3. The van der Waals surface area contributed by atoms with Gasteiger partial charge in [0, 0.05) is 35.6 Å². The summed E-state index contributed by atoms with van der Waals surface area (Å²) in [6, 6.07) is 8.94. The summed E-state index contributed by atoms with van der Waals surface area (Å²) in [6.07, 6.45) is 3.00. The van der Waals surface area contributed by atoms with Crippen LogP contribution in [-0.4, -0.2) is 35.2 Å². The molecule has 4 heteroatoms. The van der Waals surface area contributed by atoms with Crippen molar-refractivity contribution < 1.29 is 5.11 Å². The maximum Gasteiger partial charge on any atom is 0.0583 e. The Morgan fingerprint density at radius 3 is 2.62 bits per heavy atom. The second-order valence-electron chi connectivity index (χ2n) is 6.59. The zero-order valence-corrected chi connectivity index (χ0v) is 14.2. The first-order valence-electron chi connectivity index (χ1n) is 8.03. The van der Waals surface area contributed by atoms with Gasteiger partial charge in [-0.2, -0.15) is 0 Å². The topological polar surface area (TPSA) is 49.5 Å². The van der Waals surface area contributed by atoms with Crippen LogP contribution in [0.25, 0.3) is 0 Å². The van der Waals surface area contributed by atoms with E-state index in [0.717, 1.165) is 36.8 Å². The van der Waals surface area contributed by atoms with E-state index in [4.69, 9.17) is 5.73 Å². The molecule has 1 aromatic carbocycles. The van der Waals surface area contributed by atoms with Gasteiger partial charge in [0.1, 0.15) is 0 Å². The van der Waals surface area contributed by atoms with Crippen LogP contribution in [-0.2, 0) is 0 Å². The largest absolute Gasteiger partial charge is 0.393 e. The normalized spacial score (nSPS) is 32.1. The number of rotatable bonds is 4. The highest BCUT2D eigenvalue weighted by molar-refractivity contribution is 9.10. The van der Waals surface area contributed by atoms with Crippen molar-refractivity contribution in [2.24, 2.45) is 17.6 Å². The Morgan fingerprint density at radius 2 is 2.00 bits per heavy atom. The zero-order chi connectivity index (χ0) is 15.0. The summed E-state index contributed by atoms with van der Waals surface area (Å²) in [4.78, 5) is 2.51. The minimum absolute atomic E-state index is 0.108. The van der Waals surface area contributed by atoms with E-state index in [-0.39, 0.29) is 18.2 Å². The van der Waals surface area contributed by atoms with Crippen LogP contribution < -0.4 is 5.73 Å². The number of hydrogen-bond donors (Lipinski definition) is 2. The highest BCUT2D eigenvalue weighted by atomic mass is 79.9. The molecule has 21 heavy (non-hydrogen) atoms. The van der Waals surface area contributed by atoms with Crippen molar-refractivity contribution >= 4 is 15.9 Å². The van der Waals surface area contributed by atoms with Crippen molar-refractivity contribution in [3.05, 3.63) is 34.3 Å². The van der Waals surface area contributed by atoms with E-state index in [1.165, 1.54) is 5.56 Å². The Kier molecular flexibility index (Phi) is 4.69. The molecule has 116 valence electrons. The highest BCUT2D eigenvalue weighted by Crippen LogP contribution is 2.42. The molecule has 1 aliphatic heterocycles. The number of aliphatic hydroxyl groups excluding tert-OH is 1. The number of nitrogens with zero attached hydrogens (tertiary/aromatic N) is 1. The molecule has 1 heterocycles. The number of fused-ring (bicyclic) bond motifs is 1. The van der Waals surface area contributed by atoms with Crippen LogP contribution in [0.5, 0.6) is 0 Å². The van der Waals surface area contributed by atoms with E-state index in [1.54, 1.807) is 0 Å². The second-order valence-corrected chi connectivity index (χ2v) is 7.51. The SMILES string of the molecule is CCC(N)C(c1ccc(Br)cc1)N1CC2CCC(O)C2C1. The molecule has 2 aliphatic rings. The van der Waals surface area contributed by atoms with Crippen molar-refractivity contribution in [1.82, 2.24) is 4.90 Å². The third-order valence-corrected chi connectivity index (χ3v) is 5.86. The first-order chi connectivity index (χ1) is 10.1. The van der Waals surface area contributed by atoms with Gasteiger partial charge in [-0.25, -0.2) is 0 Å². The van der Waals surface area contributed by atoms with Crippen molar-refractivity contribution in [3.63, 3.8) is 0 Å². The van der Waals surface area contributed by atoms with Gasteiger partial charge in [-0.3, -0.25) is 4.90 Å². The monoisotopic (exact) mass is 352 g/mol. The van der Waals surface area contributed by atoms with Crippen molar-refractivity contribution in [1.29, 1.82) is 0 Å². The summed E-state index contributed by atoms with van der Waals surface area (Å²) in [7, 11) is 0. The second kappa shape index (κ2) is 6.37. The number of benzene rings is 1. The lowest BCUT2D eigenvalue weighted by Gasteiger charge is -2.33. The Morgan fingerprint density at radius 1 is 1.29 bits per heavy atom. The van der Waals surface area contributed by atoms with Gasteiger partial charge >= 0.3 is 0 Å². The van der Waals surface area contributed by atoms with Crippen LogP contribution in [0, 0.1) is 11.8 Å². The molecule has 0 amide bonds. The summed E-state index contributed by atoms with van der Waals surface area (Å²) >= 11 is 3.50. The fourth-order valence-electron chi connectivity index (χ4n) is 4.11. The molecule has 0 spiro atoms. The average molecular weight is 353 g/mol. The van der Waals surface area contributed by atoms with Crippen molar-refractivity contribution in [2.45, 2.75) is 44.4 Å². The lowest BCUT2D eigenvalue weighted by molar-refractivity contribution is 0.114. The molecule has 3 nitrogen and oxygen atoms in total. The molecule has 0 radical (unpaired) electrons. The number of halogens is 1. The molecule has 3 rings (SSSR count). The first-order valence-corrected chi connectivity index (χ1v) is 8.82. The molecule has 1 saturated carbocycles. The quantitative estimate of drug-likeness (QED) is 0.875. The maximum absolute atomic E-state index is 10.1.